The van der Waals surface area contributed by atoms with Crippen LogP contribution >= 0.6 is 23.2 Å². The van der Waals surface area contributed by atoms with Crippen molar-refractivity contribution in [2.24, 2.45) is 23.7 Å². The Labute approximate surface area is 267 Å². The molecule has 0 N–H and O–H groups in total. The van der Waals surface area contributed by atoms with E-state index in [1.807, 2.05) is 0 Å². The lowest BCUT2D eigenvalue weighted by molar-refractivity contribution is -0.123. The summed E-state index contributed by atoms with van der Waals surface area (Å²) >= 11 is 12.2. The zero-order valence-electron chi connectivity index (χ0n) is 23.7. The van der Waals surface area contributed by atoms with Crippen molar-refractivity contribution in [3.05, 3.63) is 107 Å². The molecule has 2 heterocycles. The second-order valence-corrected chi connectivity index (χ2v) is 12.3. The van der Waals surface area contributed by atoms with Crippen LogP contribution in [0.2, 0.25) is 5.02 Å². The molecule has 0 spiro atoms. The largest absolute Gasteiger partial charge is 0.450 e. The number of benzene rings is 3. The first-order valence-corrected chi connectivity index (χ1v) is 15.5. The third kappa shape index (κ3) is 5.12. The molecule has 2 bridgehead atoms. The molecule has 10 heteroatoms. The molecule has 0 radical (unpaired) electrons. The number of carbonyl (C=O) groups is 4. The van der Waals surface area contributed by atoms with Crippen molar-refractivity contribution in [1.82, 2.24) is 4.98 Å². The van der Waals surface area contributed by atoms with Gasteiger partial charge in [-0.15, -0.1) is 11.6 Å². The minimum absolute atomic E-state index is 0.0484. The van der Waals surface area contributed by atoms with E-state index >= 15 is 0 Å². The van der Waals surface area contributed by atoms with E-state index in [0.717, 1.165) is 18.6 Å². The zero-order chi connectivity index (χ0) is 31.4. The number of hydrogen-bond acceptors (Lipinski definition) is 6. The lowest BCUT2D eigenvalue weighted by atomic mass is 9.85. The topological polar surface area (TPSA) is 93.6 Å². The molecule has 4 aromatic rings. The van der Waals surface area contributed by atoms with Crippen molar-refractivity contribution in [3.63, 3.8) is 0 Å². The molecule has 1 saturated carbocycles. The van der Waals surface area contributed by atoms with Gasteiger partial charge in [-0.3, -0.25) is 19.3 Å². The van der Waals surface area contributed by atoms with Crippen LogP contribution in [0.4, 0.5) is 10.1 Å². The molecule has 7 rings (SSSR count). The molecule has 1 aliphatic heterocycles. The summed E-state index contributed by atoms with van der Waals surface area (Å²) in [5.41, 5.74) is 2.33. The Morgan fingerprint density at radius 1 is 0.933 bits per heavy atom. The number of alkyl halides is 1. The van der Waals surface area contributed by atoms with Gasteiger partial charge in [0.25, 0.3) is 0 Å². The number of fused-ring (bicyclic) bond motifs is 6. The van der Waals surface area contributed by atoms with Crippen LogP contribution in [0.3, 0.4) is 0 Å². The first-order chi connectivity index (χ1) is 21.7. The van der Waals surface area contributed by atoms with Gasteiger partial charge in [0, 0.05) is 33.8 Å². The molecule has 1 saturated heterocycles. The van der Waals surface area contributed by atoms with Crippen LogP contribution in [0.25, 0.3) is 22.2 Å². The Bertz CT molecular complexity index is 1880. The van der Waals surface area contributed by atoms with Crippen LogP contribution < -0.4 is 4.90 Å². The van der Waals surface area contributed by atoms with Crippen LogP contribution in [0.1, 0.15) is 33.6 Å². The van der Waals surface area contributed by atoms with E-state index in [-0.39, 0.29) is 58.9 Å². The number of halogens is 3. The van der Waals surface area contributed by atoms with Crippen LogP contribution in [-0.4, -0.2) is 40.5 Å². The van der Waals surface area contributed by atoms with E-state index in [1.54, 1.807) is 48.5 Å². The smallest absolute Gasteiger partial charge is 0.339 e. The normalized spacial score (nSPS) is 22.2. The first kappa shape index (κ1) is 29.3. The van der Waals surface area contributed by atoms with Crippen molar-refractivity contribution in [2.45, 2.75) is 18.9 Å². The number of carbonyl (C=O) groups excluding carboxylic acids is 4. The van der Waals surface area contributed by atoms with Crippen LogP contribution in [0, 0.1) is 29.5 Å². The summed E-state index contributed by atoms with van der Waals surface area (Å²) in [4.78, 5) is 59.4. The first-order valence-electron chi connectivity index (χ1n) is 14.6. The highest BCUT2D eigenvalue weighted by Crippen LogP contribution is 2.53. The summed E-state index contributed by atoms with van der Waals surface area (Å²) < 4.78 is 19.1. The molecular weight excluding hydrogens is 618 g/mol. The number of hydrogen-bond donors (Lipinski definition) is 0. The Balaban J connectivity index is 1.19. The summed E-state index contributed by atoms with van der Waals surface area (Å²) in [6.07, 6.45) is 3.82. The average Bonchev–Trinajstić information content (AvgIpc) is 3.73. The Morgan fingerprint density at radius 3 is 2.24 bits per heavy atom. The summed E-state index contributed by atoms with van der Waals surface area (Å²) in [6, 6.07) is 18.3. The number of nitrogens with zero attached hydrogens (tertiary/aromatic N) is 2. The number of rotatable bonds is 8. The third-order valence-electron chi connectivity index (χ3n) is 8.92. The number of ether oxygens (including phenoxy) is 1. The Kier molecular flexibility index (Phi) is 7.50. The highest BCUT2D eigenvalue weighted by molar-refractivity contribution is 6.31. The standard InChI is InChI=1S/C35H25Cl2FN2O5/c36-14-13-29(32(41)19-3-8-23(38)9-4-19)45-35(44)26-17-28(39-27-12-7-22(37)16-25(26)27)18-5-10-24(11-6-18)40-33(42)30-20-1-2-21(15-20)31(30)34(40)43/h1-12,16-17,20-21,29-31H,13-15H2. The maximum absolute atomic E-state index is 13.6. The number of ketones is 1. The fraction of sp³-hybridized carbons (Fsp3) is 0.229. The van der Waals surface area contributed by atoms with Gasteiger partial charge in [0.15, 0.2) is 6.10 Å². The van der Waals surface area contributed by atoms with E-state index in [2.05, 4.69) is 12.2 Å². The van der Waals surface area contributed by atoms with Gasteiger partial charge in [0.2, 0.25) is 17.6 Å². The van der Waals surface area contributed by atoms with Gasteiger partial charge < -0.3 is 4.74 Å². The molecule has 2 fully saturated rings. The molecule has 7 nitrogen and oxygen atoms in total. The minimum atomic E-state index is -1.20. The SMILES string of the molecule is O=C(OC(CCCl)C(=O)c1ccc(F)cc1)c1cc(-c2ccc(N3C(=O)C4C5C=CC(C5)C4C3=O)cc2)nc2ccc(Cl)cc12. The van der Waals surface area contributed by atoms with E-state index in [4.69, 9.17) is 32.9 Å². The van der Waals surface area contributed by atoms with Crippen molar-refractivity contribution < 1.29 is 28.3 Å². The molecular formula is C35H25Cl2FN2O5. The van der Waals surface area contributed by atoms with Crippen LogP contribution in [0.15, 0.2) is 84.9 Å². The predicted molar refractivity (Wildman–Crippen MR) is 168 cm³/mol. The van der Waals surface area contributed by atoms with E-state index in [9.17, 15) is 23.6 Å². The molecule has 1 aromatic heterocycles. The van der Waals surface area contributed by atoms with Gasteiger partial charge in [-0.2, -0.15) is 0 Å². The number of aromatic nitrogens is 1. The maximum Gasteiger partial charge on any atom is 0.339 e. The van der Waals surface area contributed by atoms with Crippen molar-refractivity contribution >= 4 is 63.4 Å². The maximum atomic E-state index is 13.6. The second-order valence-electron chi connectivity index (χ2n) is 11.5. The van der Waals surface area contributed by atoms with Gasteiger partial charge in [-0.1, -0.05) is 35.9 Å². The van der Waals surface area contributed by atoms with Gasteiger partial charge in [-0.25, -0.2) is 14.2 Å². The van der Waals surface area contributed by atoms with Crippen molar-refractivity contribution in [2.75, 3.05) is 10.8 Å². The van der Waals surface area contributed by atoms with Crippen molar-refractivity contribution in [1.29, 1.82) is 0 Å². The number of amides is 2. The Morgan fingerprint density at radius 2 is 1.60 bits per heavy atom. The summed E-state index contributed by atoms with van der Waals surface area (Å²) in [5.74, 6) is -2.43. The summed E-state index contributed by atoms with van der Waals surface area (Å²) in [5, 5.41) is 0.804. The fourth-order valence-corrected chi connectivity index (χ4v) is 7.16. The van der Waals surface area contributed by atoms with Crippen LogP contribution in [-0.2, 0) is 14.3 Å². The van der Waals surface area contributed by atoms with E-state index in [1.165, 1.54) is 17.0 Å². The molecule has 3 aromatic carbocycles. The quantitative estimate of drug-likeness (QED) is 0.0673. The summed E-state index contributed by atoms with van der Waals surface area (Å²) in [7, 11) is 0. The Hall–Kier alpha value is -4.40. The highest BCUT2D eigenvalue weighted by Gasteiger charge is 2.59. The molecule has 5 atom stereocenters. The van der Waals surface area contributed by atoms with Gasteiger partial charge in [0.05, 0.1) is 34.3 Å². The average molecular weight is 643 g/mol. The monoisotopic (exact) mass is 642 g/mol. The minimum Gasteiger partial charge on any atom is -0.450 e. The molecule has 2 amide bonds. The summed E-state index contributed by atoms with van der Waals surface area (Å²) in [6.45, 7) is 0. The van der Waals surface area contributed by atoms with Gasteiger partial charge in [0.1, 0.15) is 5.82 Å². The molecule has 2 aliphatic carbocycles. The number of anilines is 1. The lowest BCUT2D eigenvalue weighted by Gasteiger charge is -2.18. The fourth-order valence-electron chi connectivity index (χ4n) is 6.79. The second kappa shape index (κ2) is 11.5. The van der Waals surface area contributed by atoms with E-state index < -0.39 is 23.7 Å². The number of imide groups is 1. The number of esters is 1. The molecule has 3 aliphatic rings. The van der Waals surface area contributed by atoms with Crippen LogP contribution in [0.5, 0.6) is 0 Å². The molecule has 226 valence electrons. The molecule has 45 heavy (non-hydrogen) atoms. The number of Topliss-reactive ketones (excluding diaryl/α,β-unsaturated/α-hetero) is 1. The highest BCUT2D eigenvalue weighted by atomic mass is 35.5. The van der Waals surface area contributed by atoms with Gasteiger partial charge in [-0.05, 0) is 78.9 Å². The molecule has 5 unspecified atom stereocenters. The van der Waals surface area contributed by atoms with Gasteiger partial charge >= 0.3 is 5.97 Å². The number of pyridine rings is 1. The van der Waals surface area contributed by atoms with Crippen molar-refractivity contribution in [3.8, 4) is 11.3 Å². The predicted octanol–water partition coefficient (Wildman–Crippen LogP) is 7.04. The van der Waals surface area contributed by atoms with E-state index in [0.29, 0.717) is 32.9 Å². The number of allylic oxidation sites excluding steroid dienone is 2. The third-order valence-corrected chi connectivity index (χ3v) is 9.38. The lowest BCUT2D eigenvalue weighted by Crippen LogP contribution is -2.32. The zero-order valence-corrected chi connectivity index (χ0v) is 25.2.